The molecule has 0 spiro atoms. The first-order valence-electron chi connectivity index (χ1n) is 6.12. The van der Waals surface area contributed by atoms with Crippen LogP contribution >= 0.6 is 0 Å². The molecule has 0 atom stereocenters. The largest absolute Gasteiger partial charge is 0.463 e. The number of hydrogen-bond acceptors (Lipinski definition) is 5. The van der Waals surface area contributed by atoms with Crippen LogP contribution in [-0.2, 0) is 16.0 Å². The highest BCUT2D eigenvalue weighted by atomic mass is 16.7. The van der Waals surface area contributed by atoms with Crippen LogP contribution in [0.3, 0.4) is 0 Å². The molecule has 1 aromatic carbocycles. The fourth-order valence-electron chi connectivity index (χ4n) is 1.84. The molecule has 2 rings (SSSR count). The molecule has 0 saturated heterocycles. The van der Waals surface area contributed by atoms with E-state index in [1.807, 2.05) is 6.07 Å². The Bertz CT molecular complexity index is 493. The average molecular weight is 264 g/mol. The summed E-state index contributed by atoms with van der Waals surface area (Å²) in [4.78, 5) is 11.3. The predicted molar refractivity (Wildman–Crippen MR) is 69.0 cm³/mol. The van der Waals surface area contributed by atoms with Gasteiger partial charge in [0.15, 0.2) is 11.5 Å². The molecule has 1 heterocycles. The number of fused-ring (bicyclic) bond motifs is 1. The van der Waals surface area contributed by atoms with Gasteiger partial charge in [-0.05, 0) is 42.7 Å². The van der Waals surface area contributed by atoms with E-state index >= 15 is 0 Å². The van der Waals surface area contributed by atoms with Gasteiger partial charge in [0.1, 0.15) is 0 Å². The van der Waals surface area contributed by atoms with Crippen LogP contribution in [0, 0.1) is 0 Å². The Hall–Kier alpha value is -2.01. The van der Waals surface area contributed by atoms with Crippen LogP contribution in [0.25, 0.3) is 6.08 Å². The summed E-state index contributed by atoms with van der Waals surface area (Å²) < 4.78 is 15.4. The first-order chi connectivity index (χ1) is 9.24. The molecule has 1 aliphatic heterocycles. The molecule has 0 unspecified atom stereocenters. The molecular weight excluding hydrogens is 248 g/mol. The van der Waals surface area contributed by atoms with E-state index in [9.17, 15) is 4.79 Å². The summed E-state index contributed by atoms with van der Waals surface area (Å²) in [6.45, 7) is 2.32. The third-order valence-corrected chi connectivity index (χ3v) is 2.70. The maximum absolute atomic E-state index is 11.3. The normalized spacial score (nSPS) is 12.9. The number of rotatable bonds is 5. The summed E-state index contributed by atoms with van der Waals surface area (Å²) in [5, 5.41) is 9.07. The van der Waals surface area contributed by atoms with Gasteiger partial charge in [0.05, 0.1) is 6.61 Å². The van der Waals surface area contributed by atoms with Crippen molar-refractivity contribution in [1.29, 1.82) is 0 Å². The van der Waals surface area contributed by atoms with Crippen LogP contribution in [0.1, 0.15) is 18.1 Å². The van der Waals surface area contributed by atoms with E-state index in [-0.39, 0.29) is 13.4 Å². The molecule has 0 fully saturated rings. The third-order valence-electron chi connectivity index (χ3n) is 2.70. The molecule has 0 radical (unpaired) electrons. The number of aliphatic hydroxyl groups is 1. The molecule has 19 heavy (non-hydrogen) atoms. The fraction of sp³-hybridized carbons (Fsp3) is 0.357. The lowest BCUT2D eigenvalue weighted by Gasteiger charge is -2.06. The van der Waals surface area contributed by atoms with Crippen molar-refractivity contribution >= 4 is 12.0 Å². The Morgan fingerprint density at radius 2 is 2.16 bits per heavy atom. The van der Waals surface area contributed by atoms with Crippen molar-refractivity contribution in [2.24, 2.45) is 0 Å². The summed E-state index contributed by atoms with van der Waals surface area (Å²) >= 11 is 0. The Morgan fingerprint density at radius 1 is 1.42 bits per heavy atom. The molecule has 0 saturated carbocycles. The molecule has 5 nitrogen and oxygen atoms in total. The third kappa shape index (κ3) is 3.26. The summed E-state index contributed by atoms with van der Waals surface area (Å²) in [5.74, 6) is 0.914. The van der Waals surface area contributed by atoms with Gasteiger partial charge < -0.3 is 19.3 Å². The van der Waals surface area contributed by atoms with Gasteiger partial charge >= 0.3 is 5.97 Å². The fourth-order valence-corrected chi connectivity index (χ4v) is 1.84. The summed E-state index contributed by atoms with van der Waals surface area (Å²) in [6, 6.07) is 3.62. The SMILES string of the molecule is CCOC(=O)/C=C/c1cc2c(cc1CCO)OCO2. The van der Waals surface area contributed by atoms with Gasteiger partial charge in [-0.3, -0.25) is 0 Å². The molecule has 0 aliphatic carbocycles. The quantitative estimate of drug-likeness (QED) is 0.645. The Balaban J connectivity index is 2.25. The second-order valence-corrected chi connectivity index (χ2v) is 3.96. The van der Waals surface area contributed by atoms with E-state index in [0.717, 1.165) is 11.1 Å². The van der Waals surface area contributed by atoms with E-state index in [0.29, 0.717) is 24.5 Å². The van der Waals surface area contributed by atoms with Crippen LogP contribution in [0.5, 0.6) is 11.5 Å². The lowest BCUT2D eigenvalue weighted by Crippen LogP contribution is -1.99. The first kappa shape index (κ1) is 13.4. The predicted octanol–water partition coefficient (Wildman–Crippen LogP) is 1.53. The van der Waals surface area contributed by atoms with Crippen molar-refractivity contribution in [2.75, 3.05) is 20.0 Å². The minimum atomic E-state index is -0.393. The molecular formula is C14H16O5. The van der Waals surface area contributed by atoms with Crippen molar-refractivity contribution < 1.29 is 24.1 Å². The highest BCUT2D eigenvalue weighted by Gasteiger charge is 2.16. The molecule has 102 valence electrons. The molecule has 1 aliphatic rings. The van der Waals surface area contributed by atoms with E-state index in [1.165, 1.54) is 6.08 Å². The maximum Gasteiger partial charge on any atom is 0.330 e. The molecule has 1 N–H and O–H groups in total. The molecule has 1 aromatic rings. The number of aliphatic hydroxyl groups excluding tert-OH is 1. The zero-order chi connectivity index (χ0) is 13.7. The topological polar surface area (TPSA) is 65.0 Å². The van der Waals surface area contributed by atoms with Crippen LogP contribution in [0.2, 0.25) is 0 Å². The maximum atomic E-state index is 11.3. The van der Waals surface area contributed by atoms with E-state index in [4.69, 9.17) is 19.3 Å². The van der Waals surface area contributed by atoms with Crippen molar-refractivity contribution in [3.63, 3.8) is 0 Å². The monoisotopic (exact) mass is 264 g/mol. The summed E-state index contributed by atoms with van der Waals surface area (Å²) in [7, 11) is 0. The molecule has 0 bridgehead atoms. The summed E-state index contributed by atoms with van der Waals surface area (Å²) in [6.07, 6.45) is 3.51. The first-order valence-corrected chi connectivity index (χ1v) is 6.12. The van der Waals surface area contributed by atoms with Gasteiger partial charge in [0, 0.05) is 12.7 Å². The van der Waals surface area contributed by atoms with E-state index in [1.54, 1.807) is 19.1 Å². The smallest absolute Gasteiger partial charge is 0.330 e. The number of esters is 1. The molecule has 0 amide bonds. The van der Waals surface area contributed by atoms with Gasteiger partial charge in [-0.25, -0.2) is 4.79 Å². The number of carbonyl (C=O) groups excluding carboxylic acids is 1. The second kappa shape index (κ2) is 6.24. The van der Waals surface area contributed by atoms with Gasteiger partial charge in [0.25, 0.3) is 0 Å². The van der Waals surface area contributed by atoms with Crippen molar-refractivity contribution in [3.05, 3.63) is 29.3 Å². The zero-order valence-corrected chi connectivity index (χ0v) is 10.7. The lowest BCUT2D eigenvalue weighted by molar-refractivity contribution is -0.137. The Labute approximate surface area is 111 Å². The highest BCUT2D eigenvalue weighted by molar-refractivity contribution is 5.87. The van der Waals surface area contributed by atoms with Crippen molar-refractivity contribution in [2.45, 2.75) is 13.3 Å². The van der Waals surface area contributed by atoms with Crippen molar-refractivity contribution in [1.82, 2.24) is 0 Å². The zero-order valence-electron chi connectivity index (χ0n) is 10.7. The van der Waals surface area contributed by atoms with Crippen LogP contribution in [-0.4, -0.2) is 31.1 Å². The van der Waals surface area contributed by atoms with E-state index in [2.05, 4.69) is 0 Å². The van der Waals surface area contributed by atoms with Crippen molar-refractivity contribution in [3.8, 4) is 11.5 Å². The van der Waals surface area contributed by atoms with Gasteiger partial charge in [-0.2, -0.15) is 0 Å². The molecule has 0 aromatic heterocycles. The van der Waals surface area contributed by atoms with E-state index < -0.39 is 5.97 Å². The highest BCUT2D eigenvalue weighted by Crippen LogP contribution is 2.35. The lowest BCUT2D eigenvalue weighted by atomic mass is 10.0. The van der Waals surface area contributed by atoms with Gasteiger partial charge in [0.2, 0.25) is 6.79 Å². The minimum absolute atomic E-state index is 0.0277. The van der Waals surface area contributed by atoms with Crippen LogP contribution < -0.4 is 9.47 Å². The van der Waals surface area contributed by atoms with Crippen LogP contribution in [0.15, 0.2) is 18.2 Å². The summed E-state index contributed by atoms with van der Waals surface area (Å²) in [5.41, 5.74) is 1.71. The second-order valence-electron chi connectivity index (χ2n) is 3.96. The minimum Gasteiger partial charge on any atom is -0.463 e. The number of ether oxygens (including phenoxy) is 3. The number of carbonyl (C=O) groups is 1. The Kier molecular flexibility index (Phi) is 4.41. The van der Waals surface area contributed by atoms with Gasteiger partial charge in [-0.1, -0.05) is 0 Å². The average Bonchev–Trinajstić information content (AvgIpc) is 2.84. The van der Waals surface area contributed by atoms with Gasteiger partial charge in [-0.15, -0.1) is 0 Å². The number of hydrogen-bond donors (Lipinski definition) is 1. The Morgan fingerprint density at radius 3 is 2.84 bits per heavy atom. The van der Waals surface area contributed by atoms with Crippen LogP contribution in [0.4, 0.5) is 0 Å². The number of benzene rings is 1. The molecule has 5 heteroatoms. The standard InChI is InChI=1S/C14H16O5/c1-2-17-14(16)4-3-10-7-12-13(19-9-18-12)8-11(10)5-6-15/h3-4,7-8,15H,2,5-6,9H2,1H3/b4-3+.